The van der Waals surface area contributed by atoms with E-state index in [2.05, 4.69) is 18.7 Å². The highest BCUT2D eigenvalue weighted by molar-refractivity contribution is 5.22. The molecule has 1 atom stereocenters. The van der Waals surface area contributed by atoms with E-state index in [-0.39, 0.29) is 5.56 Å². The van der Waals surface area contributed by atoms with Gasteiger partial charge in [-0.2, -0.15) is 0 Å². The predicted molar refractivity (Wildman–Crippen MR) is 72.7 cm³/mol. The molecular formula is C15H22F2N2. The van der Waals surface area contributed by atoms with Crippen LogP contribution in [0, 0.1) is 17.0 Å². The molecule has 1 aromatic carbocycles. The minimum atomic E-state index is -0.826. The molecule has 1 unspecified atom stereocenters. The minimum absolute atomic E-state index is 0.268. The maximum absolute atomic E-state index is 13.7. The number of halogens is 2. The Hall–Kier alpha value is -1.00. The Morgan fingerprint density at radius 3 is 2.53 bits per heavy atom. The first kappa shape index (κ1) is 14.4. The van der Waals surface area contributed by atoms with Crippen LogP contribution in [0.25, 0.3) is 0 Å². The monoisotopic (exact) mass is 268 g/mol. The van der Waals surface area contributed by atoms with Crippen LogP contribution in [0.15, 0.2) is 18.2 Å². The van der Waals surface area contributed by atoms with E-state index in [4.69, 9.17) is 5.73 Å². The van der Waals surface area contributed by atoms with Gasteiger partial charge in [0.05, 0.1) is 0 Å². The Labute approximate surface area is 113 Å². The number of nitrogens with two attached hydrogens (primary N) is 1. The molecular weight excluding hydrogens is 246 g/mol. The topological polar surface area (TPSA) is 29.3 Å². The molecule has 2 N–H and O–H groups in total. The highest BCUT2D eigenvalue weighted by atomic mass is 19.2. The maximum Gasteiger partial charge on any atom is 0.163 e. The zero-order valence-electron chi connectivity index (χ0n) is 11.6. The number of hydrogen-bond acceptors (Lipinski definition) is 2. The van der Waals surface area contributed by atoms with Gasteiger partial charge in [-0.05, 0) is 37.4 Å². The third-order valence-corrected chi connectivity index (χ3v) is 4.05. The third kappa shape index (κ3) is 3.51. The quantitative estimate of drug-likeness (QED) is 0.912. The van der Waals surface area contributed by atoms with Crippen molar-refractivity contribution >= 4 is 0 Å². The van der Waals surface area contributed by atoms with Crippen molar-refractivity contribution in [3.05, 3.63) is 35.4 Å². The summed E-state index contributed by atoms with van der Waals surface area (Å²) in [6.07, 6.45) is 2.23. The van der Waals surface area contributed by atoms with Gasteiger partial charge in [-0.15, -0.1) is 0 Å². The van der Waals surface area contributed by atoms with E-state index in [0.29, 0.717) is 12.0 Å². The molecule has 1 heterocycles. The van der Waals surface area contributed by atoms with E-state index in [1.807, 2.05) is 0 Å². The van der Waals surface area contributed by atoms with E-state index in [0.717, 1.165) is 32.0 Å². The second kappa shape index (κ2) is 5.55. The molecule has 106 valence electrons. The van der Waals surface area contributed by atoms with Gasteiger partial charge in [-0.3, -0.25) is 0 Å². The fourth-order valence-electron chi connectivity index (χ4n) is 2.52. The largest absolute Gasteiger partial charge is 0.323 e. The molecule has 2 nitrogen and oxygen atoms in total. The van der Waals surface area contributed by atoms with E-state index in [1.54, 1.807) is 6.07 Å². The summed E-state index contributed by atoms with van der Waals surface area (Å²) in [5.74, 6) is -1.64. The van der Waals surface area contributed by atoms with Crippen LogP contribution >= 0.6 is 0 Å². The molecule has 2 rings (SSSR count). The van der Waals surface area contributed by atoms with Gasteiger partial charge >= 0.3 is 0 Å². The van der Waals surface area contributed by atoms with Gasteiger partial charge in [0.15, 0.2) is 11.6 Å². The SMILES string of the molecule is CC1(C)CCN(CC(N)c2cccc(F)c2F)CC1. The zero-order chi connectivity index (χ0) is 14.0. The van der Waals surface area contributed by atoms with Crippen LogP contribution in [-0.4, -0.2) is 24.5 Å². The maximum atomic E-state index is 13.7. The van der Waals surface area contributed by atoms with E-state index >= 15 is 0 Å². The van der Waals surface area contributed by atoms with Crippen molar-refractivity contribution in [1.29, 1.82) is 0 Å². The summed E-state index contributed by atoms with van der Waals surface area (Å²) >= 11 is 0. The van der Waals surface area contributed by atoms with Crippen molar-refractivity contribution in [2.75, 3.05) is 19.6 Å². The zero-order valence-corrected chi connectivity index (χ0v) is 11.6. The normalized spacial score (nSPS) is 21.3. The first-order valence-electron chi connectivity index (χ1n) is 6.81. The van der Waals surface area contributed by atoms with Gasteiger partial charge in [0, 0.05) is 18.2 Å². The summed E-state index contributed by atoms with van der Waals surface area (Å²) in [5.41, 5.74) is 6.66. The molecule has 1 aromatic rings. The van der Waals surface area contributed by atoms with Gasteiger partial charge in [-0.25, -0.2) is 8.78 Å². The van der Waals surface area contributed by atoms with E-state index < -0.39 is 17.7 Å². The summed E-state index contributed by atoms with van der Waals surface area (Å²) in [6, 6.07) is 3.72. The molecule has 4 heteroatoms. The van der Waals surface area contributed by atoms with E-state index in [1.165, 1.54) is 6.07 Å². The summed E-state index contributed by atoms with van der Waals surface area (Å²) < 4.78 is 26.8. The third-order valence-electron chi connectivity index (χ3n) is 4.05. The van der Waals surface area contributed by atoms with Crippen LogP contribution in [0.5, 0.6) is 0 Å². The van der Waals surface area contributed by atoms with Crippen molar-refractivity contribution in [3.8, 4) is 0 Å². The Kier molecular flexibility index (Phi) is 4.21. The highest BCUT2D eigenvalue weighted by Crippen LogP contribution is 2.30. The van der Waals surface area contributed by atoms with Crippen LogP contribution in [0.1, 0.15) is 38.3 Å². The molecule has 0 saturated carbocycles. The van der Waals surface area contributed by atoms with Gasteiger partial charge in [0.2, 0.25) is 0 Å². The Morgan fingerprint density at radius 2 is 1.89 bits per heavy atom. The summed E-state index contributed by atoms with van der Waals surface area (Å²) in [7, 11) is 0. The fraction of sp³-hybridized carbons (Fsp3) is 0.600. The van der Waals surface area contributed by atoms with Gasteiger partial charge < -0.3 is 10.6 Å². The molecule has 0 amide bonds. The Morgan fingerprint density at radius 1 is 1.26 bits per heavy atom. The van der Waals surface area contributed by atoms with Gasteiger partial charge in [0.1, 0.15) is 0 Å². The van der Waals surface area contributed by atoms with Crippen LogP contribution in [0.3, 0.4) is 0 Å². The molecule has 0 aliphatic carbocycles. The molecule has 1 saturated heterocycles. The Bertz CT molecular complexity index is 436. The fourth-order valence-corrected chi connectivity index (χ4v) is 2.52. The van der Waals surface area contributed by atoms with Crippen LogP contribution in [0.2, 0.25) is 0 Å². The van der Waals surface area contributed by atoms with Crippen LogP contribution < -0.4 is 5.73 Å². The summed E-state index contributed by atoms with van der Waals surface area (Å²) in [5, 5.41) is 0. The summed E-state index contributed by atoms with van der Waals surface area (Å²) in [6.45, 7) is 7.04. The van der Waals surface area contributed by atoms with Crippen molar-refractivity contribution in [3.63, 3.8) is 0 Å². The summed E-state index contributed by atoms with van der Waals surface area (Å²) in [4.78, 5) is 2.24. The lowest BCUT2D eigenvalue weighted by atomic mass is 9.82. The van der Waals surface area contributed by atoms with E-state index in [9.17, 15) is 8.78 Å². The average Bonchev–Trinajstić information content (AvgIpc) is 2.35. The van der Waals surface area contributed by atoms with Crippen LogP contribution in [0.4, 0.5) is 8.78 Å². The highest BCUT2D eigenvalue weighted by Gasteiger charge is 2.26. The molecule has 1 aliphatic rings. The average molecular weight is 268 g/mol. The lowest BCUT2D eigenvalue weighted by Gasteiger charge is -2.38. The first-order valence-corrected chi connectivity index (χ1v) is 6.81. The van der Waals surface area contributed by atoms with Gasteiger partial charge in [0.25, 0.3) is 0 Å². The predicted octanol–water partition coefficient (Wildman–Crippen LogP) is 3.09. The number of benzene rings is 1. The molecule has 0 bridgehead atoms. The van der Waals surface area contributed by atoms with Crippen molar-refractivity contribution in [1.82, 2.24) is 4.90 Å². The van der Waals surface area contributed by atoms with Crippen molar-refractivity contribution in [2.24, 2.45) is 11.1 Å². The number of piperidine rings is 1. The molecule has 19 heavy (non-hydrogen) atoms. The first-order chi connectivity index (χ1) is 8.89. The second-order valence-electron chi connectivity index (χ2n) is 6.21. The number of rotatable bonds is 3. The lowest BCUT2D eigenvalue weighted by Crippen LogP contribution is -2.41. The van der Waals surface area contributed by atoms with Crippen LogP contribution in [-0.2, 0) is 0 Å². The minimum Gasteiger partial charge on any atom is -0.323 e. The molecule has 0 radical (unpaired) electrons. The Balaban J connectivity index is 1.98. The second-order valence-corrected chi connectivity index (χ2v) is 6.21. The smallest absolute Gasteiger partial charge is 0.163 e. The lowest BCUT2D eigenvalue weighted by molar-refractivity contribution is 0.126. The standard InChI is InChI=1S/C15H22F2N2/c1-15(2)6-8-19(9-7-15)10-13(18)11-4-3-5-12(16)14(11)17/h3-5,13H,6-10,18H2,1-2H3. The number of likely N-dealkylation sites (tertiary alicyclic amines) is 1. The molecule has 0 aromatic heterocycles. The van der Waals surface area contributed by atoms with Gasteiger partial charge in [-0.1, -0.05) is 26.0 Å². The number of hydrogen-bond donors (Lipinski definition) is 1. The number of nitrogens with zero attached hydrogens (tertiary/aromatic N) is 1. The molecule has 1 fully saturated rings. The molecule has 0 spiro atoms. The van der Waals surface area contributed by atoms with Crippen molar-refractivity contribution < 1.29 is 8.78 Å². The van der Waals surface area contributed by atoms with Crippen molar-refractivity contribution in [2.45, 2.75) is 32.7 Å². The molecule has 1 aliphatic heterocycles.